The molecule has 5 rings (SSSR count). The molecule has 0 bridgehead atoms. The Morgan fingerprint density at radius 2 is 2.16 bits per heavy atom. The third-order valence-corrected chi connectivity index (χ3v) is 7.58. The van der Waals surface area contributed by atoms with E-state index < -0.39 is 0 Å². The number of fused-ring (bicyclic) bond motifs is 2. The molecule has 1 saturated heterocycles. The molecule has 1 saturated carbocycles. The fraction of sp³-hybridized carbons (Fsp3) is 0.348. The summed E-state index contributed by atoms with van der Waals surface area (Å²) in [5.74, 6) is 2.01. The topological polar surface area (TPSA) is 83.7 Å². The number of H-pyrrole nitrogens is 1. The van der Waals surface area contributed by atoms with Crippen LogP contribution >= 0.6 is 23.4 Å². The van der Waals surface area contributed by atoms with E-state index in [4.69, 9.17) is 27.3 Å². The number of aromatic amines is 1. The van der Waals surface area contributed by atoms with Crippen LogP contribution in [0.5, 0.6) is 0 Å². The first kappa shape index (κ1) is 20.5. The van der Waals surface area contributed by atoms with E-state index in [0.29, 0.717) is 23.0 Å². The highest BCUT2D eigenvalue weighted by Gasteiger charge is 2.54. The first-order valence-corrected chi connectivity index (χ1v) is 11.7. The van der Waals surface area contributed by atoms with Gasteiger partial charge in [0.2, 0.25) is 0 Å². The van der Waals surface area contributed by atoms with Crippen molar-refractivity contribution >= 4 is 46.3 Å². The van der Waals surface area contributed by atoms with E-state index in [1.54, 1.807) is 6.20 Å². The number of nitrogens with zero attached hydrogens (tertiary/aromatic N) is 4. The average molecular weight is 453 g/mol. The van der Waals surface area contributed by atoms with E-state index in [1.165, 1.54) is 11.8 Å². The quantitative estimate of drug-likeness (QED) is 0.323. The highest BCUT2D eigenvalue weighted by molar-refractivity contribution is 8.03. The molecule has 8 heteroatoms. The number of aryl methyl sites for hydroxylation is 2. The van der Waals surface area contributed by atoms with Crippen molar-refractivity contribution in [2.24, 2.45) is 17.6 Å². The molecule has 31 heavy (non-hydrogen) atoms. The maximum atomic E-state index is 6.72. The van der Waals surface area contributed by atoms with Crippen LogP contribution < -0.4 is 10.6 Å². The number of nitrogens with one attached hydrogen (secondary N) is 1. The van der Waals surface area contributed by atoms with Crippen LogP contribution in [0.15, 0.2) is 41.0 Å². The van der Waals surface area contributed by atoms with E-state index in [1.807, 2.05) is 31.2 Å². The average Bonchev–Trinajstić information content (AvgIpc) is 3.11. The van der Waals surface area contributed by atoms with Crippen molar-refractivity contribution in [3.05, 3.63) is 57.9 Å². The van der Waals surface area contributed by atoms with Crippen molar-refractivity contribution in [1.29, 1.82) is 0 Å². The van der Waals surface area contributed by atoms with E-state index in [0.717, 1.165) is 63.2 Å². The van der Waals surface area contributed by atoms with Gasteiger partial charge in [-0.1, -0.05) is 37.2 Å². The predicted octanol–water partition coefficient (Wildman–Crippen LogP) is 4.59. The molecule has 1 aliphatic heterocycles. The number of nitrogens with two attached hydrogens (primary N) is 1. The van der Waals surface area contributed by atoms with Crippen LogP contribution in [0.2, 0.25) is 5.02 Å². The molecule has 2 unspecified atom stereocenters. The Hall–Kier alpha value is -2.35. The first-order chi connectivity index (χ1) is 15.0. The summed E-state index contributed by atoms with van der Waals surface area (Å²) < 4.78 is 0. The number of thioether (sulfide) groups is 1. The Kier molecular flexibility index (Phi) is 5.28. The summed E-state index contributed by atoms with van der Waals surface area (Å²) in [6, 6.07) is 4.30. The molecule has 0 radical (unpaired) electrons. The van der Waals surface area contributed by atoms with Crippen LogP contribution in [0.4, 0.5) is 5.82 Å². The molecular weight excluding hydrogens is 428 g/mol. The van der Waals surface area contributed by atoms with E-state index in [9.17, 15) is 0 Å². The lowest BCUT2D eigenvalue weighted by Crippen LogP contribution is -2.29. The number of aromatic nitrogens is 4. The zero-order valence-corrected chi connectivity index (χ0v) is 19.2. The van der Waals surface area contributed by atoms with Gasteiger partial charge in [-0.05, 0) is 54.6 Å². The predicted molar refractivity (Wildman–Crippen MR) is 128 cm³/mol. The number of hydrogen-bond acceptors (Lipinski definition) is 6. The van der Waals surface area contributed by atoms with Gasteiger partial charge in [-0.3, -0.25) is 4.98 Å². The lowest BCUT2D eigenvalue weighted by atomic mass is 10.2. The fourth-order valence-corrected chi connectivity index (χ4v) is 5.44. The molecule has 3 aromatic rings. The largest absolute Gasteiger partial charge is 0.355 e. The van der Waals surface area contributed by atoms with E-state index in [-0.39, 0.29) is 0 Å². The SMILES string of the molecule is C=C/C(=C\c1ncccc1C)Sc1nc(N2CC3C(N)C3C2)c2c(Cl)c(CC)[nH]c2n1. The number of rotatable bonds is 6. The van der Waals surface area contributed by atoms with Crippen molar-refractivity contribution < 1.29 is 0 Å². The minimum absolute atomic E-state index is 0.326. The summed E-state index contributed by atoms with van der Waals surface area (Å²) >= 11 is 8.20. The monoisotopic (exact) mass is 452 g/mol. The van der Waals surface area contributed by atoms with Gasteiger partial charge in [-0.15, -0.1) is 0 Å². The van der Waals surface area contributed by atoms with Crippen molar-refractivity contribution in [2.75, 3.05) is 18.0 Å². The maximum absolute atomic E-state index is 6.72. The van der Waals surface area contributed by atoms with Gasteiger partial charge in [0.15, 0.2) is 5.16 Å². The Morgan fingerprint density at radius 1 is 1.39 bits per heavy atom. The molecule has 6 nitrogen and oxygen atoms in total. The van der Waals surface area contributed by atoms with Gasteiger partial charge >= 0.3 is 0 Å². The second-order valence-corrected chi connectivity index (χ2v) is 9.61. The van der Waals surface area contributed by atoms with Gasteiger partial charge in [0.05, 0.1) is 16.1 Å². The lowest BCUT2D eigenvalue weighted by Gasteiger charge is -2.21. The van der Waals surface area contributed by atoms with Crippen molar-refractivity contribution in [3.63, 3.8) is 0 Å². The summed E-state index contributed by atoms with van der Waals surface area (Å²) in [4.78, 5) is 20.8. The van der Waals surface area contributed by atoms with E-state index >= 15 is 0 Å². The number of allylic oxidation sites excluding steroid dienone is 1. The van der Waals surface area contributed by atoms with Gasteiger partial charge in [0, 0.05) is 35.9 Å². The van der Waals surface area contributed by atoms with Crippen LogP contribution in [0.25, 0.3) is 17.1 Å². The molecule has 3 N–H and O–H groups in total. The van der Waals surface area contributed by atoms with Gasteiger partial charge in [0.1, 0.15) is 11.5 Å². The zero-order valence-electron chi connectivity index (χ0n) is 17.6. The third-order valence-electron chi connectivity index (χ3n) is 6.28. The molecule has 2 fully saturated rings. The number of halogens is 1. The summed E-state index contributed by atoms with van der Waals surface area (Å²) in [6.45, 7) is 9.94. The van der Waals surface area contributed by atoms with Gasteiger partial charge < -0.3 is 15.6 Å². The van der Waals surface area contributed by atoms with E-state index in [2.05, 4.69) is 28.4 Å². The van der Waals surface area contributed by atoms with Gasteiger partial charge in [-0.2, -0.15) is 0 Å². The molecule has 0 amide bonds. The number of pyridine rings is 1. The summed E-state index contributed by atoms with van der Waals surface area (Å²) in [5, 5.41) is 2.28. The molecule has 1 aliphatic carbocycles. The van der Waals surface area contributed by atoms with Crippen LogP contribution in [0.1, 0.15) is 23.9 Å². The Labute approximate surface area is 191 Å². The zero-order chi connectivity index (χ0) is 21.7. The number of piperidine rings is 1. The third kappa shape index (κ3) is 3.64. The van der Waals surface area contributed by atoms with Gasteiger partial charge in [-0.25, -0.2) is 9.97 Å². The highest BCUT2D eigenvalue weighted by Crippen LogP contribution is 2.47. The fourth-order valence-electron chi connectivity index (χ4n) is 4.35. The number of anilines is 1. The van der Waals surface area contributed by atoms with Gasteiger partial charge in [0.25, 0.3) is 0 Å². The Bertz CT molecular complexity index is 1190. The second-order valence-electron chi connectivity index (χ2n) is 8.19. The molecular formula is C23H25ClN6S. The second kappa shape index (κ2) is 7.97. The van der Waals surface area contributed by atoms with Crippen molar-refractivity contribution in [1.82, 2.24) is 19.9 Å². The van der Waals surface area contributed by atoms with Crippen LogP contribution in [-0.2, 0) is 6.42 Å². The molecule has 4 heterocycles. The molecule has 160 valence electrons. The number of hydrogen-bond donors (Lipinski definition) is 2. The van der Waals surface area contributed by atoms with Crippen molar-refractivity contribution in [3.8, 4) is 0 Å². The van der Waals surface area contributed by atoms with Crippen LogP contribution in [-0.4, -0.2) is 39.1 Å². The maximum Gasteiger partial charge on any atom is 0.196 e. The Morgan fingerprint density at radius 3 is 2.84 bits per heavy atom. The standard InChI is InChI=1S/C23H25ClN6S/c1-4-13(9-17-12(3)7-6-8-26-17)31-23-28-21-18(19(24)16(5-2)27-21)22(29-23)30-10-14-15(11-30)20(14)25/h4,6-9,14-15,20H,1,5,10-11,25H2,2-3H3,(H,27,28,29)/b13-9+. The minimum Gasteiger partial charge on any atom is -0.355 e. The molecule has 2 aliphatic rings. The van der Waals surface area contributed by atoms with Crippen molar-refractivity contribution in [2.45, 2.75) is 31.5 Å². The summed E-state index contributed by atoms with van der Waals surface area (Å²) in [5.41, 5.74) is 9.94. The molecule has 2 atom stereocenters. The minimum atomic E-state index is 0.326. The normalized spacial score (nSPS) is 22.8. The first-order valence-electron chi connectivity index (χ1n) is 10.5. The summed E-state index contributed by atoms with van der Waals surface area (Å²) in [6.07, 6.45) is 6.43. The molecule has 0 spiro atoms. The summed E-state index contributed by atoms with van der Waals surface area (Å²) in [7, 11) is 0. The smallest absolute Gasteiger partial charge is 0.196 e. The van der Waals surface area contributed by atoms with Crippen LogP contribution in [0.3, 0.4) is 0 Å². The lowest BCUT2D eigenvalue weighted by molar-refractivity contribution is 0.732. The highest BCUT2D eigenvalue weighted by atomic mass is 35.5. The van der Waals surface area contributed by atoms with Crippen LogP contribution in [0, 0.1) is 18.8 Å². The molecule has 0 aromatic carbocycles. The molecule has 3 aromatic heterocycles. The Balaban J connectivity index is 1.54.